The standard InChI is InChI=1S/C16H15F2N3O2S/c1-10(14(22)19-9-11-5-4-8-23-11)24-16-20-12-6-2-3-7-13(12)21(16)15(17)18/h2-8,10,15H,9H2,1H3,(H,19,22). The van der Waals surface area contributed by atoms with Gasteiger partial charge in [-0.1, -0.05) is 23.9 Å². The van der Waals surface area contributed by atoms with Gasteiger partial charge in [0, 0.05) is 0 Å². The van der Waals surface area contributed by atoms with Crippen molar-refractivity contribution >= 4 is 28.7 Å². The van der Waals surface area contributed by atoms with Crippen LogP contribution in [0, 0.1) is 0 Å². The molecule has 0 radical (unpaired) electrons. The number of para-hydroxylation sites is 2. The number of imidazole rings is 1. The topological polar surface area (TPSA) is 60.1 Å². The first-order valence-electron chi connectivity index (χ1n) is 7.28. The highest BCUT2D eigenvalue weighted by Crippen LogP contribution is 2.31. The SMILES string of the molecule is CC(Sc1nc2ccccc2n1C(F)F)C(=O)NCc1ccco1. The molecule has 0 aliphatic rings. The zero-order chi connectivity index (χ0) is 17.1. The van der Waals surface area contributed by atoms with Gasteiger partial charge < -0.3 is 9.73 Å². The summed E-state index contributed by atoms with van der Waals surface area (Å²) in [6.07, 6.45) is 1.52. The summed E-state index contributed by atoms with van der Waals surface area (Å²) < 4.78 is 32.7. The van der Waals surface area contributed by atoms with E-state index in [9.17, 15) is 13.6 Å². The zero-order valence-electron chi connectivity index (χ0n) is 12.8. The molecule has 8 heteroatoms. The van der Waals surface area contributed by atoms with E-state index < -0.39 is 11.8 Å². The van der Waals surface area contributed by atoms with E-state index in [2.05, 4.69) is 10.3 Å². The van der Waals surface area contributed by atoms with Gasteiger partial charge in [-0.05, 0) is 31.2 Å². The fraction of sp³-hybridized carbons (Fsp3) is 0.250. The summed E-state index contributed by atoms with van der Waals surface area (Å²) in [5.74, 6) is 0.352. The van der Waals surface area contributed by atoms with Crippen molar-refractivity contribution in [2.24, 2.45) is 0 Å². The molecule has 0 aliphatic heterocycles. The molecule has 1 N–H and O–H groups in total. The maximum atomic E-state index is 13.4. The maximum absolute atomic E-state index is 13.4. The van der Waals surface area contributed by atoms with Gasteiger partial charge >= 0.3 is 6.55 Å². The van der Waals surface area contributed by atoms with Crippen LogP contribution in [0.5, 0.6) is 0 Å². The van der Waals surface area contributed by atoms with E-state index in [0.29, 0.717) is 16.8 Å². The molecule has 1 atom stereocenters. The van der Waals surface area contributed by atoms with Crippen LogP contribution < -0.4 is 5.32 Å². The van der Waals surface area contributed by atoms with E-state index >= 15 is 0 Å². The molecule has 0 fully saturated rings. The predicted molar refractivity (Wildman–Crippen MR) is 86.9 cm³/mol. The summed E-state index contributed by atoms with van der Waals surface area (Å²) in [6, 6.07) is 10.1. The lowest BCUT2D eigenvalue weighted by Gasteiger charge is -2.12. The molecule has 1 unspecified atom stereocenters. The number of carbonyl (C=O) groups is 1. The lowest BCUT2D eigenvalue weighted by molar-refractivity contribution is -0.120. The molecule has 0 spiro atoms. The summed E-state index contributed by atoms with van der Waals surface area (Å²) in [5, 5.41) is 2.25. The van der Waals surface area contributed by atoms with Crippen LogP contribution in [0.1, 0.15) is 19.2 Å². The fourth-order valence-corrected chi connectivity index (χ4v) is 3.19. The van der Waals surface area contributed by atoms with E-state index in [1.165, 1.54) is 6.26 Å². The number of amides is 1. The monoisotopic (exact) mass is 351 g/mol. The number of hydrogen-bond acceptors (Lipinski definition) is 4. The average molecular weight is 351 g/mol. The molecule has 0 saturated heterocycles. The minimum absolute atomic E-state index is 0.117. The Kier molecular flexibility index (Phi) is 4.84. The summed E-state index contributed by atoms with van der Waals surface area (Å²) in [4.78, 5) is 16.4. The van der Waals surface area contributed by atoms with Crippen LogP contribution in [-0.4, -0.2) is 20.7 Å². The number of furan rings is 1. The minimum Gasteiger partial charge on any atom is -0.467 e. The molecule has 1 amide bonds. The Morgan fingerprint density at radius 1 is 1.33 bits per heavy atom. The highest BCUT2D eigenvalue weighted by molar-refractivity contribution is 8.00. The lowest BCUT2D eigenvalue weighted by atomic mass is 10.3. The number of nitrogens with one attached hydrogen (secondary N) is 1. The van der Waals surface area contributed by atoms with Gasteiger partial charge in [0.05, 0.1) is 29.1 Å². The number of benzene rings is 1. The van der Waals surface area contributed by atoms with Gasteiger partial charge in [0.25, 0.3) is 0 Å². The number of aromatic nitrogens is 2. The van der Waals surface area contributed by atoms with E-state index in [-0.39, 0.29) is 17.6 Å². The second-order valence-electron chi connectivity index (χ2n) is 5.09. The number of rotatable bonds is 6. The Balaban J connectivity index is 1.73. The van der Waals surface area contributed by atoms with Crippen LogP contribution in [0.2, 0.25) is 0 Å². The second-order valence-corrected chi connectivity index (χ2v) is 6.40. The molecule has 3 aromatic rings. The number of alkyl halides is 2. The Bertz CT molecular complexity index is 833. The van der Waals surface area contributed by atoms with Gasteiger partial charge in [0.2, 0.25) is 5.91 Å². The third kappa shape index (κ3) is 3.43. The van der Waals surface area contributed by atoms with Crippen LogP contribution in [0.3, 0.4) is 0 Å². The molecule has 126 valence electrons. The molecular weight excluding hydrogens is 336 g/mol. The third-order valence-corrected chi connectivity index (χ3v) is 4.49. The largest absolute Gasteiger partial charge is 0.467 e. The second kappa shape index (κ2) is 7.04. The van der Waals surface area contributed by atoms with Crippen LogP contribution in [0.25, 0.3) is 11.0 Å². The number of hydrogen-bond donors (Lipinski definition) is 1. The van der Waals surface area contributed by atoms with Gasteiger partial charge in [-0.25, -0.2) is 4.98 Å². The van der Waals surface area contributed by atoms with Crippen molar-refractivity contribution in [3.05, 3.63) is 48.4 Å². The van der Waals surface area contributed by atoms with Crippen molar-refractivity contribution in [3.63, 3.8) is 0 Å². The van der Waals surface area contributed by atoms with Gasteiger partial charge in [0.15, 0.2) is 5.16 Å². The van der Waals surface area contributed by atoms with Gasteiger partial charge in [-0.3, -0.25) is 9.36 Å². The first kappa shape index (κ1) is 16.5. The van der Waals surface area contributed by atoms with Crippen molar-refractivity contribution in [2.45, 2.75) is 30.4 Å². The van der Waals surface area contributed by atoms with Crippen molar-refractivity contribution in [1.29, 1.82) is 0 Å². The molecule has 24 heavy (non-hydrogen) atoms. The Labute approximate surface area is 141 Å². The summed E-state index contributed by atoms with van der Waals surface area (Å²) in [6.45, 7) is -0.822. The third-order valence-electron chi connectivity index (χ3n) is 3.43. The van der Waals surface area contributed by atoms with Gasteiger partial charge in [0.1, 0.15) is 5.76 Å². The molecule has 2 heterocycles. The molecule has 5 nitrogen and oxygen atoms in total. The number of halogens is 2. The normalized spacial score (nSPS) is 12.7. The highest BCUT2D eigenvalue weighted by atomic mass is 32.2. The summed E-state index contributed by atoms with van der Waals surface area (Å²) >= 11 is 0.999. The van der Waals surface area contributed by atoms with E-state index in [0.717, 1.165) is 16.3 Å². The van der Waals surface area contributed by atoms with Crippen LogP contribution in [0.15, 0.2) is 52.2 Å². The van der Waals surface area contributed by atoms with Crippen molar-refractivity contribution < 1.29 is 18.0 Å². The number of nitrogens with zero attached hydrogens (tertiary/aromatic N) is 2. The fourth-order valence-electron chi connectivity index (χ4n) is 2.24. The zero-order valence-corrected chi connectivity index (χ0v) is 13.6. The molecular formula is C16H15F2N3O2S. The first-order chi connectivity index (χ1) is 11.6. The number of carbonyl (C=O) groups excluding carboxylic acids is 1. The summed E-state index contributed by atoms with van der Waals surface area (Å²) in [7, 11) is 0. The highest BCUT2D eigenvalue weighted by Gasteiger charge is 2.22. The minimum atomic E-state index is -2.72. The lowest BCUT2D eigenvalue weighted by Crippen LogP contribution is -2.30. The van der Waals surface area contributed by atoms with Crippen molar-refractivity contribution in [2.75, 3.05) is 0 Å². The van der Waals surface area contributed by atoms with Crippen LogP contribution >= 0.6 is 11.8 Å². The van der Waals surface area contributed by atoms with Crippen molar-refractivity contribution in [3.8, 4) is 0 Å². The van der Waals surface area contributed by atoms with Crippen LogP contribution in [-0.2, 0) is 11.3 Å². The number of fused-ring (bicyclic) bond motifs is 1. The van der Waals surface area contributed by atoms with Gasteiger partial charge in [-0.2, -0.15) is 8.78 Å². The Morgan fingerprint density at radius 3 is 2.83 bits per heavy atom. The first-order valence-corrected chi connectivity index (χ1v) is 8.16. The Morgan fingerprint density at radius 2 is 2.12 bits per heavy atom. The molecule has 0 saturated carbocycles. The van der Waals surface area contributed by atoms with Gasteiger partial charge in [-0.15, -0.1) is 0 Å². The van der Waals surface area contributed by atoms with Crippen LogP contribution in [0.4, 0.5) is 8.78 Å². The van der Waals surface area contributed by atoms with E-state index in [1.54, 1.807) is 43.3 Å². The van der Waals surface area contributed by atoms with Crippen molar-refractivity contribution in [1.82, 2.24) is 14.9 Å². The average Bonchev–Trinajstić information content (AvgIpc) is 3.19. The molecule has 3 rings (SSSR count). The van der Waals surface area contributed by atoms with E-state index in [4.69, 9.17) is 4.42 Å². The summed E-state index contributed by atoms with van der Waals surface area (Å²) in [5.41, 5.74) is 0.821. The smallest absolute Gasteiger partial charge is 0.321 e. The maximum Gasteiger partial charge on any atom is 0.321 e. The molecule has 2 aromatic heterocycles. The number of thioether (sulfide) groups is 1. The molecule has 1 aromatic carbocycles. The van der Waals surface area contributed by atoms with E-state index in [1.807, 2.05) is 0 Å². The Hall–Kier alpha value is -2.35. The predicted octanol–water partition coefficient (Wildman–Crippen LogP) is 3.82. The molecule has 0 aliphatic carbocycles. The molecule has 0 bridgehead atoms. The quantitative estimate of drug-likeness (QED) is 0.686.